The van der Waals surface area contributed by atoms with Crippen LogP contribution in [-0.4, -0.2) is 15.6 Å². The van der Waals surface area contributed by atoms with Gasteiger partial charge in [-0.25, -0.2) is 4.98 Å². The fourth-order valence-electron chi connectivity index (χ4n) is 2.27. The predicted octanol–water partition coefficient (Wildman–Crippen LogP) is 3.19. The molecule has 2 rings (SSSR count). The predicted molar refractivity (Wildman–Crippen MR) is 80.0 cm³/mol. The Morgan fingerprint density at radius 2 is 2.05 bits per heavy atom. The number of nitrogens with zero attached hydrogens (tertiary/aromatic N) is 2. The molecule has 1 aromatic heterocycles. The van der Waals surface area contributed by atoms with E-state index < -0.39 is 0 Å². The van der Waals surface area contributed by atoms with E-state index in [0.29, 0.717) is 0 Å². The van der Waals surface area contributed by atoms with Crippen molar-refractivity contribution in [1.29, 1.82) is 0 Å². The lowest BCUT2D eigenvalue weighted by Crippen LogP contribution is -2.21. The molecule has 1 atom stereocenters. The van der Waals surface area contributed by atoms with Crippen LogP contribution in [0.25, 0.3) is 11.3 Å². The molecule has 0 saturated heterocycles. The van der Waals surface area contributed by atoms with E-state index in [4.69, 9.17) is 5.73 Å². The fourth-order valence-corrected chi connectivity index (χ4v) is 2.27. The highest BCUT2D eigenvalue weighted by molar-refractivity contribution is 5.60. The SMILES string of the molecule is CC(N)Cc1cccc(-c2cncn2C(C)(C)C)c1. The summed E-state index contributed by atoms with van der Waals surface area (Å²) in [5.74, 6) is 0. The summed E-state index contributed by atoms with van der Waals surface area (Å²) >= 11 is 0. The van der Waals surface area contributed by atoms with Gasteiger partial charge in [0.15, 0.2) is 0 Å². The van der Waals surface area contributed by atoms with Gasteiger partial charge in [-0.15, -0.1) is 0 Å². The van der Waals surface area contributed by atoms with Crippen LogP contribution in [0.15, 0.2) is 36.8 Å². The van der Waals surface area contributed by atoms with Crippen LogP contribution in [0.3, 0.4) is 0 Å². The number of imidazole rings is 1. The summed E-state index contributed by atoms with van der Waals surface area (Å²) in [7, 11) is 0. The Labute approximate surface area is 115 Å². The van der Waals surface area contributed by atoms with Crippen LogP contribution in [0.2, 0.25) is 0 Å². The van der Waals surface area contributed by atoms with E-state index in [-0.39, 0.29) is 11.6 Å². The summed E-state index contributed by atoms with van der Waals surface area (Å²) < 4.78 is 2.21. The van der Waals surface area contributed by atoms with E-state index in [9.17, 15) is 0 Å². The molecule has 0 fully saturated rings. The van der Waals surface area contributed by atoms with Gasteiger partial charge in [0.05, 0.1) is 18.2 Å². The van der Waals surface area contributed by atoms with Crippen LogP contribution in [0.1, 0.15) is 33.3 Å². The van der Waals surface area contributed by atoms with Gasteiger partial charge in [0.2, 0.25) is 0 Å². The molecule has 1 unspecified atom stereocenters. The highest BCUT2D eigenvalue weighted by Gasteiger charge is 2.17. The van der Waals surface area contributed by atoms with Gasteiger partial charge in [0.1, 0.15) is 0 Å². The van der Waals surface area contributed by atoms with Crippen molar-refractivity contribution >= 4 is 0 Å². The quantitative estimate of drug-likeness (QED) is 0.917. The second-order valence-corrected chi connectivity index (χ2v) is 6.20. The van der Waals surface area contributed by atoms with Gasteiger partial charge < -0.3 is 10.3 Å². The normalized spacial score (nSPS) is 13.5. The number of aromatic nitrogens is 2. The molecule has 0 aliphatic heterocycles. The zero-order valence-corrected chi connectivity index (χ0v) is 12.2. The lowest BCUT2D eigenvalue weighted by Gasteiger charge is -2.23. The van der Waals surface area contributed by atoms with Gasteiger partial charge in [0.25, 0.3) is 0 Å². The maximum absolute atomic E-state index is 5.87. The molecule has 0 saturated carbocycles. The number of hydrogen-bond donors (Lipinski definition) is 1. The van der Waals surface area contributed by atoms with Crippen molar-refractivity contribution in [3.63, 3.8) is 0 Å². The standard InChI is InChI=1S/C16H23N3/c1-12(17)8-13-6-5-7-14(9-13)15-10-18-11-19(15)16(2,3)4/h5-7,9-12H,8,17H2,1-4H3. The first-order chi connectivity index (χ1) is 8.88. The van der Waals surface area contributed by atoms with Gasteiger partial charge in [-0.05, 0) is 45.7 Å². The largest absolute Gasteiger partial charge is 0.328 e. The van der Waals surface area contributed by atoms with Gasteiger partial charge in [-0.3, -0.25) is 0 Å². The lowest BCUT2D eigenvalue weighted by molar-refractivity contribution is 0.400. The Morgan fingerprint density at radius 1 is 1.32 bits per heavy atom. The van der Waals surface area contributed by atoms with Gasteiger partial charge >= 0.3 is 0 Å². The topological polar surface area (TPSA) is 43.8 Å². The van der Waals surface area contributed by atoms with Crippen molar-refractivity contribution in [1.82, 2.24) is 9.55 Å². The first kappa shape index (κ1) is 13.8. The van der Waals surface area contributed by atoms with Crippen molar-refractivity contribution in [3.05, 3.63) is 42.4 Å². The minimum absolute atomic E-state index is 0.0308. The zero-order valence-electron chi connectivity index (χ0n) is 12.2. The van der Waals surface area contributed by atoms with E-state index in [2.05, 4.69) is 54.6 Å². The van der Waals surface area contributed by atoms with Crippen molar-refractivity contribution in [2.24, 2.45) is 5.73 Å². The van der Waals surface area contributed by atoms with Crippen LogP contribution in [0, 0.1) is 0 Å². The molecule has 3 heteroatoms. The summed E-state index contributed by atoms with van der Waals surface area (Å²) in [5, 5.41) is 0. The molecule has 0 amide bonds. The summed E-state index contributed by atoms with van der Waals surface area (Å²) in [4.78, 5) is 4.29. The molecule has 3 nitrogen and oxygen atoms in total. The van der Waals surface area contributed by atoms with Crippen LogP contribution >= 0.6 is 0 Å². The smallest absolute Gasteiger partial charge is 0.0955 e. The van der Waals surface area contributed by atoms with Crippen molar-refractivity contribution < 1.29 is 0 Å². The summed E-state index contributed by atoms with van der Waals surface area (Å²) in [6.45, 7) is 8.59. The molecule has 0 spiro atoms. The zero-order chi connectivity index (χ0) is 14.0. The van der Waals surface area contributed by atoms with Gasteiger partial charge in [-0.1, -0.05) is 18.2 Å². The molecule has 0 aliphatic rings. The first-order valence-electron chi connectivity index (χ1n) is 6.75. The highest BCUT2D eigenvalue weighted by Crippen LogP contribution is 2.26. The molecule has 0 radical (unpaired) electrons. The molecule has 2 N–H and O–H groups in total. The Balaban J connectivity index is 2.40. The summed E-state index contributed by atoms with van der Waals surface area (Å²) in [5.41, 5.74) is 9.53. The first-order valence-corrected chi connectivity index (χ1v) is 6.75. The monoisotopic (exact) mass is 257 g/mol. The molecular formula is C16H23N3. The lowest BCUT2D eigenvalue weighted by atomic mass is 10.0. The average molecular weight is 257 g/mol. The Kier molecular flexibility index (Phi) is 3.76. The third kappa shape index (κ3) is 3.24. The van der Waals surface area contributed by atoms with Crippen molar-refractivity contribution in [2.75, 3.05) is 0 Å². The van der Waals surface area contributed by atoms with Crippen LogP contribution < -0.4 is 5.73 Å². The van der Waals surface area contributed by atoms with E-state index in [0.717, 1.165) is 12.1 Å². The fraction of sp³-hybridized carbons (Fsp3) is 0.438. The number of benzene rings is 1. The third-order valence-electron chi connectivity index (χ3n) is 3.14. The maximum atomic E-state index is 5.87. The Bertz CT molecular complexity index is 547. The maximum Gasteiger partial charge on any atom is 0.0955 e. The molecule has 102 valence electrons. The Morgan fingerprint density at radius 3 is 2.68 bits per heavy atom. The number of rotatable bonds is 3. The number of hydrogen-bond acceptors (Lipinski definition) is 2. The third-order valence-corrected chi connectivity index (χ3v) is 3.14. The average Bonchev–Trinajstić information content (AvgIpc) is 2.76. The molecule has 1 aromatic carbocycles. The second kappa shape index (κ2) is 5.17. The molecule has 2 aromatic rings. The van der Waals surface area contributed by atoms with Gasteiger partial charge in [-0.2, -0.15) is 0 Å². The number of nitrogens with two attached hydrogens (primary N) is 1. The van der Waals surface area contributed by atoms with Crippen LogP contribution in [0.4, 0.5) is 0 Å². The highest BCUT2D eigenvalue weighted by atomic mass is 15.1. The Hall–Kier alpha value is -1.61. The van der Waals surface area contributed by atoms with Crippen molar-refractivity contribution in [3.8, 4) is 11.3 Å². The van der Waals surface area contributed by atoms with E-state index in [1.165, 1.54) is 11.1 Å². The van der Waals surface area contributed by atoms with Crippen molar-refractivity contribution in [2.45, 2.75) is 45.7 Å². The molecule has 1 heterocycles. The van der Waals surface area contributed by atoms with Crippen LogP contribution in [0.5, 0.6) is 0 Å². The molecule has 0 bridgehead atoms. The second-order valence-electron chi connectivity index (χ2n) is 6.20. The molecule has 19 heavy (non-hydrogen) atoms. The molecule has 0 aliphatic carbocycles. The minimum Gasteiger partial charge on any atom is -0.328 e. The van der Waals surface area contributed by atoms with Crippen LogP contribution in [-0.2, 0) is 12.0 Å². The van der Waals surface area contributed by atoms with Gasteiger partial charge in [0, 0.05) is 17.1 Å². The summed E-state index contributed by atoms with van der Waals surface area (Å²) in [6, 6.07) is 8.74. The summed E-state index contributed by atoms with van der Waals surface area (Å²) in [6.07, 6.45) is 4.72. The molecular weight excluding hydrogens is 234 g/mol. The van der Waals surface area contributed by atoms with E-state index >= 15 is 0 Å². The van der Waals surface area contributed by atoms with E-state index in [1.54, 1.807) is 0 Å². The van der Waals surface area contributed by atoms with E-state index in [1.807, 2.05) is 19.4 Å². The minimum atomic E-state index is 0.0308.